The van der Waals surface area contributed by atoms with Crippen LogP contribution in [0.1, 0.15) is 37.7 Å². The van der Waals surface area contributed by atoms with E-state index in [1.807, 2.05) is 0 Å². The van der Waals surface area contributed by atoms with E-state index in [4.69, 9.17) is 0 Å². The van der Waals surface area contributed by atoms with Crippen LogP contribution in [0.5, 0.6) is 0 Å². The first-order valence-corrected chi connectivity index (χ1v) is 7.46. The molecule has 1 heterocycles. The van der Waals surface area contributed by atoms with Crippen LogP contribution >= 0.6 is 0 Å². The zero-order valence-electron chi connectivity index (χ0n) is 11.6. The lowest BCUT2D eigenvalue weighted by Gasteiger charge is -2.47. The van der Waals surface area contributed by atoms with Crippen LogP contribution in [-0.2, 0) is 6.54 Å². The second-order valence-corrected chi connectivity index (χ2v) is 6.24. The number of rotatable bonds is 2. The molecule has 110 valence electrons. The zero-order valence-corrected chi connectivity index (χ0v) is 11.6. The summed E-state index contributed by atoms with van der Waals surface area (Å²) < 4.78 is 26.9. The van der Waals surface area contributed by atoms with Crippen LogP contribution in [0.4, 0.5) is 8.78 Å². The monoisotopic (exact) mass is 281 g/mol. The molecule has 2 atom stereocenters. The van der Waals surface area contributed by atoms with Crippen molar-refractivity contribution in [2.75, 3.05) is 13.1 Å². The normalized spacial score (nSPS) is 31.1. The van der Waals surface area contributed by atoms with Crippen LogP contribution in [0.15, 0.2) is 18.2 Å². The number of aliphatic hydroxyl groups is 1. The Bertz CT molecular complexity index is 493. The fourth-order valence-electron chi connectivity index (χ4n) is 3.69. The minimum absolute atomic E-state index is 0.279. The summed E-state index contributed by atoms with van der Waals surface area (Å²) in [5.74, 6) is -1.24. The zero-order chi connectivity index (χ0) is 14.2. The molecule has 1 aromatic rings. The summed E-state index contributed by atoms with van der Waals surface area (Å²) in [5, 5.41) is 10.6. The van der Waals surface area contributed by atoms with Gasteiger partial charge in [-0.1, -0.05) is 25.0 Å². The molecule has 1 saturated heterocycles. The summed E-state index contributed by atoms with van der Waals surface area (Å²) in [6, 6.07) is 4.34. The van der Waals surface area contributed by atoms with Gasteiger partial charge in [0.15, 0.2) is 11.6 Å². The molecule has 0 bridgehead atoms. The number of benzene rings is 1. The average Bonchev–Trinajstić information content (AvgIpc) is 2.44. The van der Waals surface area contributed by atoms with Crippen molar-refractivity contribution in [3.63, 3.8) is 0 Å². The molecule has 2 aliphatic rings. The van der Waals surface area contributed by atoms with Crippen LogP contribution < -0.4 is 0 Å². The van der Waals surface area contributed by atoms with Gasteiger partial charge in [-0.2, -0.15) is 0 Å². The SMILES string of the molecule is OC12CCCCC1CN(Cc1cccc(F)c1F)CC2. The van der Waals surface area contributed by atoms with Gasteiger partial charge in [-0.05, 0) is 25.3 Å². The molecule has 0 spiro atoms. The van der Waals surface area contributed by atoms with E-state index in [0.717, 1.165) is 51.3 Å². The molecular formula is C16H21F2NO. The number of likely N-dealkylation sites (tertiary alicyclic amines) is 1. The maximum Gasteiger partial charge on any atom is 0.163 e. The molecule has 1 saturated carbocycles. The van der Waals surface area contributed by atoms with Gasteiger partial charge in [-0.15, -0.1) is 0 Å². The van der Waals surface area contributed by atoms with Crippen LogP contribution in [0.2, 0.25) is 0 Å². The van der Waals surface area contributed by atoms with E-state index in [0.29, 0.717) is 12.1 Å². The number of fused-ring (bicyclic) bond motifs is 1. The van der Waals surface area contributed by atoms with Gasteiger partial charge < -0.3 is 5.11 Å². The van der Waals surface area contributed by atoms with Crippen LogP contribution in [0.25, 0.3) is 0 Å². The van der Waals surface area contributed by atoms with Gasteiger partial charge in [-0.3, -0.25) is 4.90 Å². The summed E-state index contributed by atoms with van der Waals surface area (Å²) in [6.45, 7) is 1.96. The van der Waals surface area contributed by atoms with Crippen molar-refractivity contribution >= 4 is 0 Å². The van der Waals surface area contributed by atoms with E-state index in [1.54, 1.807) is 12.1 Å². The van der Waals surface area contributed by atoms with E-state index >= 15 is 0 Å². The van der Waals surface area contributed by atoms with Crippen molar-refractivity contribution < 1.29 is 13.9 Å². The highest BCUT2D eigenvalue weighted by Gasteiger charge is 2.42. The first kappa shape index (κ1) is 14.0. The summed E-state index contributed by atoms with van der Waals surface area (Å²) in [7, 11) is 0. The third-order valence-electron chi connectivity index (χ3n) is 4.94. The van der Waals surface area contributed by atoms with Crippen molar-refractivity contribution in [2.45, 2.75) is 44.2 Å². The molecule has 1 aromatic carbocycles. The molecule has 1 N–H and O–H groups in total. The second kappa shape index (κ2) is 5.41. The van der Waals surface area contributed by atoms with E-state index in [2.05, 4.69) is 4.90 Å². The van der Waals surface area contributed by atoms with E-state index in [9.17, 15) is 13.9 Å². The average molecular weight is 281 g/mol. The molecule has 1 aliphatic carbocycles. The van der Waals surface area contributed by atoms with E-state index < -0.39 is 17.2 Å². The van der Waals surface area contributed by atoms with Crippen molar-refractivity contribution in [3.05, 3.63) is 35.4 Å². The number of nitrogens with zero attached hydrogens (tertiary/aromatic N) is 1. The van der Waals surface area contributed by atoms with Crippen LogP contribution in [0, 0.1) is 17.6 Å². The Labute approximate surface area is 118 Å². The lowest BCUT2D eigenvalue weighted by Crippen LogP contribution is -2.53. The first-order chi connectivity index (χ1) is 9.58. The molecule has 1 aliphatic heterocycles. The quantitative estimate of drug-likeness (QED) is 0.900. The molecule has 4 heteroatoms. The molecule has 3 rings (SSSR count). The second-order valence-electron chi connectivity index (χ2n) is 6.24. The summed E-state index contributed by atoms with van der Waals surface area (Å²) >= 11 is 0. The summed E-state index contributed by atoms with van der Waals surface area (Å²) in [6.07, 6.45) is 4.94. The van der Waals surface area contributed by atoms with Gasteiger partial charge >= 0.3 is 0 Å². The predicted molar refractivity (Wildman–Crippen MR) is 73.2 cm³/mol. The lowest BCUT2D eigenvalue weighted by atomic mass is 9.71. The fraction of sp³-hybridized carbons (Fsp3) is 0.625. The fourth-order valence-corrected chi connectivity index (χ4v) is 3.69. The minimum Gasteiger partial charge on any atom is -0.390 e. The molecule has 2 fully saturated rings. The lowest BCUT2D eigenvalue weighted by molar-refractivity contribution is -0.0969. The highest BCUT2D eigenvalue weighted by Crippen LogP contribution is 2.40. The Kier molecular flexibility index (Phi) is 3.78. The topological polar surface area (TPSA) is 23.5 Å². The number of piperidine rings is 1. The molecular weight excluding hydrogens is 260 g/mol. The number of hydrogen-bond donors (Lipinski definition) is 1. The van der Waals surface area contributed by atoms with Crippen molar-refractivity contribution in [3.8, 4) is 0 Å². The largest absolute Gasteiger partial charge is 0.390 e. The molecule has 0 radical (unpaired) electrons. The van der Waals surface area contributed by atoms with Crippen molar-refractivity contribution in [1.29, 1.82) is 0 Å². The van der Waals surface area contributed by atoms with Gasteiger partial charge in [0.2, 0.25) is 0 Å². The molecule has 2 nitrogen and oxygen atoms in total. The van der Waals surface area contributed by atoms with Gasteiger partial charge in [0.1, 0.15) is 0 Å². The molecule has 20 heavy (non-hydrogen) atoms. The maximum atomic E-state index is 13.7. The van der Waals surface area contributed by atoms with Crippen LogP contribution in [0.3, 0.4) is 0 Å². The van der Waals surface area contributed by atoms with Gasteiger partial charge in [0.05, 0.1) is 5.60 Å². The van der Waals surface area contributed by atoms with Gasteiger partial charge in [-0.25, -0.2) is 8.78 Å². The van der Waals surface area contributed by atoms with E-state index in [-0.39, 0.29) is 5.92 Å². The van der Waals surface area contributed by atoms with Crippen molar-refractivity contribution in [2.24, 2.45) is 5.92 Å². The van der Waals surface area contributed by atoms with Gasteiger partial charge in [0.25, 0.3) is 0 Å². The van der Waals surface area contributed by atoms with Crippen LogP contribution in [-0.4, -0.2) is 28.7 Å². The molecule has 2 unspecified atom stereocenters. The molecule has 0 aromatic heterocycles. The minimum atomic E-state index is -0.784. The highest BCUT2D eigenvalue weighted by atomic mass is 19.2. The smallest absolute Gasteiger partial charge is 0.163 e. The Balaban J connectivity index is 1.69. The van der Waals surface area contributed by atoms with Crippen molar-refractivity contribution in [1.82, 2.24) is 4.90 Å². The third-order valence-corrected chi connectivity index (χ3v) is 4.94. The predicted octanol–water partition coefficient (Wildman–Crippen LogP) is 3.09. The first-order valence-electron chi connectivity index (χ1n) is 7.46. The maximum absolute atomic E-state index is 13.7. The Hall–Kier alpha value is -1.00. The third kappa shape index (κ3) is 2.59. The Morgan fingerprint density at radius 3 is 2.95 bits per heavy atom. The Morgan fingerprint density at radius 1 is 1.25 bits per heavy atom. The Morgan fingerprint density at radius 2 is 2.10 bits per heavy atom. The molecule has 0 amide bonds. The van der Waals surface area contributed by atoms with E-state index in [1.165, 1.54) is 0 Å². The van der Waals surface area contributed by atoms with Gasteiger partial charge in [0, 0.05) is 31.1 Å². The number of hydrogen-bond acceptors (Lipinski definition) is 2. The number of halogens is 2. The summed E-state index contributed by atoms with van der Waals surface area (Å²) in [5.41, 5.74) is -0.110. The summed E-state index contributed by atoms with van der Waals surface area (Å²) in [4.78, 5) is 2.14. The standard InChI is InChI=1S/C16H21F2NO/c17-14-6-3-4-12(15(14)18)10-19-9-8-16(20)7-2-1-5-13(16)11-19/h3-4,6,13,20H,1-2,5,7-11H2. The highest BCUT2D eigenvalue weighted by molar-refractivity contribution is 5.19.